The number of nitrogens with zero attached hydrogens (tertiary/aromatic N) is 3. The van der Waals surface area contributed by atoms with Crippen molar-refractivity contribution in [2.45, 2.75) is 32.7 Å². The number of hydrogen-bond acceptors (Lipinski definition) is 5. The Labute approximate surface area is 168 Å². The highest BCUT2D eigenvalue weighted by molar-refractivity contribution is 5.89. The van der Waals surface area contributed by atoms with Crippen molar-refractivity contribution in [1.82, 2.24) is 20.5 Å². The molecule has 0 aliphatic carbocycles. The van der Waals surface area contributed by atoms with Gasteiger partial charge in [-0.25, -0.2) is 4.39 Å². The van der Waals surface area contributed by atoms with Crippen molar-refractivity contribution in [3.63, 3.8) is 0 Å². The van der Waals surface area contributed by atoms with Crippen molar-refractivity contribution in [3.05, 3.63) is 68.5 Å². The second-order valence-corrected chi connectivity index (χ2v) is 6.82. The molecule has 0 aliphatic rings. The average Bonchev–Trinajstić information content (AvgIpc) is 2.68. The normalized spacial score (nSPS) is 12.4. The van der Waals surface area contributed by atoms with Crippen LogP contribution in [0.25, 0.3) is 10.9 Å². The number of alkyl halides is 2. The van der Waals surface area contributed by atoms with E-state index >= 15 is 0 Å². The van der Waals surface area contributed by atoms with E-state index in [2.05, 4.69) is 20.5 Å². The van der Waals surface area contributed by atoms with E-state index in [-0.39, 0.29) is 27.9 Å². The number of benzene rings is 1. The SMILES string of the molecule is Cc1cc(C#N)nnc1[C@@H](C)NC(=O)C(F)(F)c1c(C)c2cc(F)ccc2[nH]c1=O. The molecule has 0 saturated carbocycles. The number of carbonyl (C=O) groups excluding carboxylic acids is 1. The Morgan fingerprint density at radius 1 is 1.27 bits per heavy atom. The highest BCUT2D eigenvalue weighted by atomic mass is 19.3. The van der Waals surface area contributed by atoms with Crippen LogP contribution >= 0.6 is 0 Å². The lowest BCUT2D eigenvalue weighted by Gasteiger charge is -2.21. The summed E-state index contributed by atoms with van der Waals surface area (Å²) in [6, 6.07) is 5.60. The van der Waals surface area contributed by atoms with Crippen molar-refractivity contribution in [3.8, 4) is 6.07 Å². The number of rotatable bonds is 4. The molecule has 2 heterocycles. The van der Waals surface area contributed by atoms with Gasteiger partial charge in [-0.1, -0.05) is 0 Å². The predicted octanol–water partition coefficient (Wildman–Crippen LogP) is 2.91. The van der Waals surface area contributed by atoms with E-state index in [1.165, 1.54) is 26.0 Å². The first kappa shape index (κ1) is 21.0. The molecule has 154 valence electrons. The summed E-state index contributed by atoms with van der Waals surface area (Å²) >= 11 is 0. The monoisotopic (exact) mass is 415 g/mol. The molecule has 0 saturated heterocycles. The fraction of sp³-hybridized carbons (Fsp3) is 0.250. The first-order chi connectivity index (χ1) is 14.1. The molecule has 1 aromatic carbocycles. The van der Waals surface area contributed by atoms with Crippen LogP contribution in [0.2, 0.25) is 0 Å². The summed E-state index contributed by atoms with van der Waals surface area (Å²) in [5.74, 6) is -6.58. The number of fused-ring (bicyclic) bond motifs is 1. The number of nitriles is 1. The minimum atomic E-state index is -4.19. The second kappa shape index (κ2) is 7.59. The molecule has 1 atom stereocenters. The smallest absolute Gasteiger partial charge is 0.342 e. The Hall–Kier alpha value is -3.74. The Morgan fingerprint density at radius 3 is 2.60 bits per heavy atom. The molecule has 7 nitrogen and oxygen atoms in total. The summed E-state index contributed by atoms with van der Waals surface area (Å²) in [4.78, 5) is 27.0. The fourth-order valence-electron chi connectivity index (χ4n) is 3.25. The van der Waals surface area contributed by atoms with Gasteiger partial charge in [-0.3, -0.25) is 9.59 Å². The number of pyridine rings is 1. The number of carbonyl (C=O) groups is 1. The predicted molar refractivity (Wildman–Crippen MR) is 101 cm³/mol. The molecule has 2 aromatic heterocycles. The topological polar surface area (TPSA) is 112 Å². The van der Waals surface area contributed by atoms with Crippen molar-refractivity contribution < 1.29 is 18.0 Å². The Morgan fingerprint density at radius 2 is 1.97 bits per heavy atom. The molecule has 2 N–H and O–H groups in total. The van der Waals surface area contributed by atoms with Gasteiger partial charge in [0.05, 0.1) is 17.3 Å². The summed E-state index contributed by atoms with van der Waals surface area (Å²) in [5.41, 5.74) is -1.50. The van der Waals surface area contributed by atoms with Gasteiger partial charge in [-0.05, 0) is 56.2 Å². The van der Waals surface area contributed by atoms with Gasteiger partial charge in [0.15, 0.2) is 5.69 Å². The fourth-order valence-corrected chi connectivity index (χ4v) is 3.25. The highest BCUT2D eigenvalue weighted by Gasteiger charge is 2.45. The summed E-state index contributed by atoms with van der Waals surface area (Å²) in [7, 11) is 0. The summed E-state index contributed by atoms with van der Waals surface area (Å²) < 4.78 is 43.5. The lowest BCUT2D eigenvalue weighted by molar-refractivity contribution is -0.148. The van der Waals surface area contributed by atoms with Crippen molar-refractivity contribution in [1.29, 1.82) is 5.26 Å². The van der Waals surface area contributed by atoms with Gasteiger partial charge >= 0.3 is 5.92 Å². The van der Waals surface area contributed by atoms with E-state index in [0.29, 0.717) is 5.56 Å². The number of aromatic nitrogens is 3. The first-order valence-corrected chi connectivity index (χ1v) is 8.82. The van der Waals surface area contributed by atoms with Gasteiger partial charge in [0.25, 0.3) is 11.5 Å². The number of nitrogens with one attached hydrogen (secondary N) is 2. The van der Waals surface area contributed by atoms with E-state index < -0.39 is 34.8 Å². The van der Waals surface area contributed by atoms with E-state index in [1.807, 2.05) is 0 Å². The first-order valence-electron chi connectivity index (χ1n) is 8.82. The molecular formula is C20H16F3N5O2. The quantitative estimate of drug-likeness (QED) is 0.681. The lowest BCUT2D eigenvalue weighted by atomic mass is 9.99. The van der Waals surface area contributed by atoms with Crippen molar-refractivity contribution >= 4 is 16.8 Å². The van der Waals surface area contributed by atoms with Crippen LogP contribution in [0, 0.1) is 31.0 Å². The van der Waals surface area contributed by atoms with Crippen molar-refractivity contribution in [2.24, 2.45) is 0 Å². The van der Waals surface area contributed by atoms with E-state index in [0.717, 1.165) is 12.1 Å². The molecule has 10 heteroatoms. The Balaban J connectivity index is 1.98. The average molecular weight is 415 g/mol. The van der Waals surface area contributed by atoms with Crippen LogP contribution < -0.4 is 10.9 Å². The minimum Gasteiger partial charge on any atom is -0.342 e. The van der Waals surface area contributed by atoms with Gasteiger partial charge in [-0.15, -0.1) is 5.10 Å². The van der Waals surface area contributed by atoms with E-state index in [4.69, 9.17) is 5.26 Å². The molecular weight excluding hydrogens is 399 g/mol. The second-order valence-electron chi connectivity index (χ2n) is 6.82. The summed E-state index contributed by atoms with van der Waals surface area (Å²) in [6.07, 6.45) is 0. The van der Waals surface area contributed by atoms with Crippen LogP contribution in [-0.4, -0.2) is 21.1 Å². The molecule has 0 spiro atoms. The number of aromatic amines is 1. The van der Waals surface area contributed by atoms with Crippen LogP contribution in [0.4, 0.5) is 13.2 Å². The number of hydrogen-bond donors (Lipinski definition) is 2. The molecule has 3 aromatic rings. The zero-order valence-electron chi connectivity index (χ0n) is 16.2. The molecule has 1 amide bonds. The number of H-pyrrole nitrogens is 1. The molecule has 0 radical (unpaired) electrons. The Kier molecular flexibility index (Phi) is 5.31. The van der Waals surface area contributed by atoms with Crippen LogP contribution in [0.15, 0.2) is 29.1 Å². The van der Waals surface area contributed by atoms with Gasteiger partial charge in [0.1, 0.15) is 11.9 Å². The zero-order valence-corrected chi connectivity index (χ0v) is 16.2. The van der Waals surface area contributed by atoms with Gasteiger partial charge in [0.2, 0.25) is 0 Å². The molecule has 3 rings (SSSR count). The number of halogens is 3. The molecule has 0 aliphatic heterocycles. The molecule has 0 unspecified atom stereocenters. The van der Waals surface area contributed by atoms with Gasteiger partial charge < -0.3 is 10.3 Å². The van der Waals surface area contributed by atoms with Gasteiger partial charge in [0, 0.05) is 10.9 Å². The Bertz CT molecular complexity index is 1260. The van der Waals surface area contributed by atoms with Crippen LogP contribution in [-0.2, 0) is 10.7 Å². The minimum absolute atomic E-state index is 0.0469. The standard InChI is InChI=1S/C20H16F3N5O2/c1-9-6-13(8-24)27-28-17(9)11(3)25-19(30)20(22,23)16-10(2)14-7-12(21)4-5-15(14)26-18(16)29/h4-7,11H,1-3H3,(H,25,30)(H,26,29)/t11-/m1/s1. The maximum absolute atomic E-state index is 15.0. The van der Waals surface area contributed by atoms with Crippen LogP contribution in [0.3, 0.4) is 0 Å². The summed E-state index contributed by atoms with van der Waals surface area (Å²) in [5, 5.41) is 18.5. The third-order valence-electron chi connectivity index (χ3n) is 4.73. The maximum atomic E-state index is 15.0. The van der Waals surface area contributed by atoms with Crippen LogP contribution in [0.1, 0.15) is 41.0 Å². The number of amides is 1. The molecule has 0 bridgehead atoms. The van der Waals surface area contributed by atoms with E-state index in [9.17, 15) is 22.8 Å². The zero-order chi connectivity index (χ0) is 22.2. The molecule has 30 heavy (non-hydrogen) atoms. The maximum Gasteiger partial charge on any atom is 0.355 e. The van der Waals surface area contributed by atoms with Crippen LogP contribution in [0.5, 0.6) is 0 Å². The largest absolute Gasteiger partial charge is 0.355 e. The number of aryl methyl sites for hydroxylation is 2. The van der Waals surface area contributed by atoms with E-state index in [1.54, 1.807) is 13.0 Å². The van der Waals surface area contributed by atoms with Gasteiger partial charge in [-0.2, -0.15) is 19.1 Å². The third-order valence-corrected chi connectivity index (χ3v) is 4.73. The third kappa shape index (κ3) is 3.61. The summed E-state index contributed by atoms with van der Waals surface area (Å²) in [6.45, 7) is 4.25. The highest BCUT2D eigenvalue weighted by Crippen LogP contribution is 2.32. The van der Waals surface area contributed by atoms with Crippen molar-refractivity contribution in [2.75, 3.05) is 0 Å². The molecule has 0 fully saturated rings. The lowest BCUT2D eigenvalue weighted by Crippen LogP contribution is -2.43.